The van der Waals surface area contributed by atoms with E-state index in [0.29, 0.717) is 31.7 Å². The van der Waals surface area contributed by atoms with Crippen molar-refractivity contribution in [2.45, 2.75) is 11.8 Å². The van der Waals surface area contributed by atoms with Gasteiger partial charge < -0.3 is 9.30 Å². The maximum Gasteiger partial charge on any atom is 0.226 e. The van der Waals surface area contributed by atoms with Crippen LogP contribution in [0.4, 0.5) is 0 Å². The third-order valence-electron chi connectivity index (χ3n) is 3.51. The Bertz CT molecular complexity index is 903. The summed E-state index contributed by atoms with van der Waals surface area (Å²) in [6, 6.07) is 12.6. The summed E-state index contributed by atoms with van der Waals surface area (Å²) in [5.74, 6) is 0.523. The number of aromatic nitrogens is 2. The van der Waals surface area contributed by atoms with Crippen LogP contribution in [-0.2, 0) is 6.54 Å². The van der Waals surface area contributed by atoms with E-state index in [9.17, 15) is 0 Å². The quantitative estimate of drug-likeness (QED) is 0.411. The number of hydrogen-bond acceptors (Lipinski definition) is 4. The van der Waals surface area contributed by atoms with E-state index in [2.05, 4.69) is 4.98 Å². The van der Waals surface area contributed by atoms with Crippen LogP contribution in [0.1, 0.15) is 10.8 Å². The minimum absolute atomic E-state index is 0.0797. The van der Waals surface area contributed by atoms with Gasteiger partial charge in [0.25, 0.3) is 0 Å². The van der Waals surface area contributed by atoms with Crippen LogP contribution in [0.2, 0.25) is 15.1 Å². The van der Waals surface area contributed by atoms with Crippen molar-refractivity contribution in [1.82, 2.24) is 9.55 Å². The normalized spacial score (nSPS) is 12.0. The van der Waals surface area contributed by atoms with E-state index >= 15 is 0 Å². The first-order chi connectivity index (χ1) is 12.5. The smallest absolute Gasteiger partial charge is 0.226 e. The highest BCUT2D eigenvalue weighted by Crippen LogP contribution is 2.38. The molecular weight excluding hydrogens is 431 g/mol. The van der Waals surface area contributed by atoms with Gasteiger partial charge in [-0.2, -0.15) is 0 Å². The fourth-order valence-corrected chi connectivity index (χ4v) is 4.47. The lowest BCUT2D eigenvalue weighted by atomic mass is 10.1. The number of thioether (sulfide) groups is 1. The molecule has 0 fully saturated rings. The predicted octanol–water partition coefficient (Wildman–Crippen LogP) is 6.68. The van der Waals surface area contributed by atoms with Gasteiger partial charge in [0.15, 0.2) is 0 Å². The lowest BCUT2D eigenvalue weighted by Crippen LogP contribution is -2.10. The van der Waals surface area contributed by atoms with E-state index in [1.165, 1.54) is 11.8 Å². The van der Waals surface area contributed by atoms with Gasteiger partial charge in [0, 0.05) is 29.0 Å². The second kappa shape index (κ2) is 9.11. The molecule has 0 saturated heterocycles. The molecule has 0 spiro atoms. The van der Waals surface area contributed by atoms with Gasteiger partial charge in [-0.3, -0.25) is 0 Å². The molecule has 0 N–H and O–H groups in total. The molecule has 3 nitrogen and oxygen atoms in total. The van der Waals surface area contributed by atoms with Crippen molar-refractivity contribution >= 4 is 63.2 Å². The number of ether oxygens (including phenoxy) is 1. The van der Waals surface area contributed by atoms with Gasteiger partial charge in [-0.05, 0) is 42.0 Å². The third kappa shape index (κ3) is 5.15. The van der Waals surface area contributed by atoms with Crippen LogP contribution in [0.5, 0.6) is 5.75 Å². The second-order valence-electron chi connectivity index (χ2n) is 5.31. The van der Waals surface area contributed by atoms with E-state index in [0.717, 1.165) is 5.56 Å². The maximum atomic E-state index is 6.41. The van der Waals surface area contributed by atoms with Crippen molar-refractivity contribution in [2.75, 3.05) is 0 Å². The highest BCUT2D eigenvalue weighted by atomic mass is 35.5. The van der Waals surface area contributed by atoms with Crippen molar-refractivity contribution in [3.8, 4) is 5.75 Å². The zero-order valence-corrected chi connectivity index (χ0v) is 17.2. The average Bonchev–Trinajstić information content (AvgIpc) is 3.09. The lowest BCUT2D eigenvalue weighted by Gasteiger charge is -2.19. The van der Waals surface area contributed by atoms with Gasteiger partial charge in [-0.15, -0.1) is 0 Å². The Labute approximate surface area is 176 Å². The van der Waals surface area contributed by atoms with Crippen LogP contribution in [0.3, 0.4) is 0 Å². The Hall–Kier alpha value is -1.24. The largest absolute Gasteiger partial charge is 0.438 e. The fraction of sp³-hybridized carbons (Fsp3) is 0.111. The number of para-hydroxylation sites is 1. The zero-order chi connectivity index (χ0) is 18.5. The van der Waals surface area contributed by atoms with Crippen molar-refractivity contribution in [1.29, 1.82) is 0 Å². The maximum absolute atomic E-state index is 6.41. The summed E-state index contributed by atoms with van der Waals surface area (Å²) in [5, 5.41) is 1.59. The van der Waals surface area contributed by atoms with Gasteiger partial charge in [0.05, 0.1) is 16.6 Å². The number of rotatable bonds is 5. The van der Waals surface area contributed by atoms with E-state index in [1.807, 2.05) is 35.0 Å². The second-order valence-corrected chi connectivity index (χ2v) is 8.37. The highest BCUT2D eigenvalue weighted by Gasteiger charge is 2.20. The summed E-state index contributed by atoms with van der Waals surface area (Å²) >= 11 is 25.4. The predicted molar refractivity (Wildman–Crippen MR) is 114 cm³/mol. The molecule has 0 saturated carbocycles. The molecule has 0 bridgehead atoms. The minimum atomic E-state index is -0.0797. The topological polar surface area (TPSA) is 27.1 Å². The molecule has 26 heavy (non-hydrogen) atoms. The highest BCUT2D eigenvalue weighted by molar-refractivity contribution is 8.22. The van der Waals surface area contributed by atoms with Gasteiger partial charge in [0.2, 0.25) is 4.38 Å². The standard InChI is InChI=1S/C18H13Cl3N2OS2/c19-12-5-6-13(15(21)9-12)17(10-23-8-7-22-11-23)26-18(25)24-16-4-2-1-3-14(16)20/h1-9,11,17H,10H2. The number of imidazole rings is 1. The Morgan fingerprint density at radius 2 is 1.96 bits per heavy atom. The molecule has 3 aromatic rings. The summed E-state index contributed by atoms with van der Waals surface area (Å²) in [6.45, 7) is 0.623. The van der Waals surface area contributed by atoms with Crippen molar-refractivity contribution in [3.63, 3.8) is 0 Å². The summed E-state index contributed by atoms with van der Waals surface area (Å²) in [7, 11) is 0. The molecule has 1 aromatic heterocycles. The molecule has 134 valence electrons. The van der Waals surface area contributed by atoms with Crippen LogP contribution < -0.4 is 4.74 Å². The van der Waals surface area contributed by atoms with Gasteiger partial charge in [-0.1, -0.05) is 64.8 Å². The number of halogens is 3. The van der Waals surface area contributed by atoms with Gasteiger partial charge in [-0.25, -0.2) is 4.98 Å². The summed E-state index contributed by atoms with van der Waals surface area (Å²) in [6.07, 6.45) is 5.36. The van der Waals surface area contributed by atoms with Crippen molar-refractivity contribution in [3.05, 3.63) is 81.8 Å². The molecule has 0 amide bonds. The Balaban J connectivity index is 1.81. The van der Waals surface area contributed by atoms with E-state index in [1.54, 1.807) is 30.7 Å². The number of thiocarbonyl (C=S) groups is 1. The van der Waals surface area contributed by atoms with Crippen LogP contribution in [0, 0.1) is 0 Å². The molecule has 1 heterocycles. The monoisotopic (exact) mass is 442 g/mol. The zero-order valence-electron chi connectivity index (χ0n) is 13.3. The Morgan fingerprint density at radius 3 is 2.65 bits per heavy atom. The SMILES string of the molecule is S=C(Oc1ccccc1Cl)SC(Cn1ccnc1)c1ccc(Cl)cc1Cl. The van der Waals surface area contributed by atoms with Crippen molar-refractivity contribution in [2.24, 2.45) is 0 Å². The van der Waals surface area contributed by atoms with Crippen LogP contribution >= 0.6 is 58.8 Å². The summed E-state index contributed by atoms with van der Waals surface area (Å²) < 4.78 is 8.06. The lowest BCUT2D eigenvalue weighted by molar-refractivity contribution is 0.578. The average molecular weight is 444 g/mol. The molecule has 0 aliphatic heterocycles. The first kappa shape index (κ1) is 19.5. The van der Waals surface area contributed by atoms with Crippen molar-refractivity contribution < 1.29 is 4.74 Å². The van der Waals surface area contributed by atoms with Gasteiger partial charge in [0.1, 0.15) is 5.75 Å². The molecule has 1 unspecified atom stereocenters. The van der Waals surface area contributed by atoms with Crippen LogP contribution in [0.15, 0.2) is 61.2 Å². The molecule has 3 rings (SSSR count). The first-order valence-electron chi connectivity index (χ1n) is 7.56. The van der Waals surface area contributed by atoms with E-state index in [-0.39, 0.29) is 5.25 Å². The summed E-state index contributed by atoms with van der Waals surface area (Å²) in [5.41, 5.74) is 0.917. The number of nitrogens with zero attached hydrogens (tertiary/aromatic N) is 2. The molecule has 2 aromatic carbocycles. The molecule has 0 aliphatic carbocycles. The molecular formula is C18H13Cl3N2OS2. The fourth-order valence-electron chi connectivity index (χ4n) is 2.31. The third-order valence-corrected chi connectivity index (χ3v) is 5.72. The molecule has 0 aliphatic rings. The molecule has 0 radical (unpaired) electrons. The van der Waals surface area contributed by atoms with Gasteiger partial charge >= 0.3 is 0 Å². The summed E-state index contributed by atoms with van der Waals surface area (Å²) in [4.78, 5) is 4.08. The van der Waals surface area contributed by atoms with Crippen LogP contribution in [0.25, 0.3) is 0 Å². The molecule has 1 atom stereocenters. The Kier molecular flexibility index (Phi) is 6.84. The molecule has 8 heteroatoms. The number of benzene rings is 2. The minimum Gasteiger partial charge on any atom is -0.438 e. The van der Waals surface area contributed by atoms with Crippen LogP contribution in [-0.4, -0.2) is 13.9 Å². The first-order valence-corrected chi connectivity index (χ1v) is 9.99. The number of hydrogen-bond donors (Lipinski definition) is 0. The Morgan fingerprint density at radius 1 is 1.15 bits per heavy atom. The van der Waals surface area contributed by atoms with E-state index < -0.39 is 0 Å². The van der Waals surface area contributed by atoms with E-state index in [4.69, 9.17) is 51.8 Å².